The van der Waals surface area contributed by atoms with E-state index in [2.05, 4.69) is 10.2 Å². The first-order valence-corrected chi connectivity index (χ1v) is 5.49. The van der Waals surface area contributed by atoms with Crippen molar-refractivity contribution in [3.8, 4) is 15.6 Å². The van der Waals surface area contributed by atoms with Crippen LogP contribution >= 0.6 is 34.3 Å². The number of nitrogens with zero attached hydrogens (tertiary/aromatic N) is 2. The Morgan fingerprint density at radius 1 is 1.46 bits per heavy atom. The average Bonchev–Trinajstić information content (AvgIpc) is 2.71. The van der Waals surface area contributed by atoms with Crippen LogP contribution in [0.2, 0.25) is 4.47 Å². The topological polar surface area (TPSA) is 35.0 Å². The number of hydrogen-bond acceptors (Lipinski definition) is 5. The molecule has 13 heavy (non-hydrogen) atoms. The second-order valence-electron chi connectivity index (χ2n) is 2.18. The molecule has 0 aliphatic rings. The van der Waals surface area contributed by atoms with Gasteiger partial charge in [0, 0.05) is 0 Å². The van der Waals surface area contributed by atoms with E-state index >= 15 is 0 Å². The van der Waals surface area contributed by atoms with Gasteiger partial charge in [-0.2, -0.15) is 0 Å². The van der Waals surface area contributed by atoms with E-state index in [-0.39, 0.29) is 0 Å². The molecule has 0 N–H and O–H groups in total. The maximum atomic E-state index is 5.68. The first-order chi connectivity index (χ1) is 6.31. The van der Waals surface area contributed by atoms with Crippen molar-refractivity contribution >= 4 is 34.3 Å². The van der Waals surface area contributed by atoms with Crippen molar-refractivity contribution in [2.24, 2.45) is 0 Å². The van der Waals surface area contributed by atoms with Crippen molar-refractivity contribution in [3.63, 3.8) is 0 Å². The van der Waals surface area contributed by atoms with Crippen LogP contribution in [0.5, 0.6) is 5.75 Å². The largest absolute Gasteiger partial charge is 0.495 e. The molecular formula is C7H5ClN2OS2. The van der Waals surface area contributed by atoms with Gasteiger partial charge in [0.2, 0.25) is 4.47 Å². The zero-order valence-corrected chi connectivity index (χ0v) is 9.04. The quantitative estimate of drug-likeness (QED) is 0.799. The summed E-state index contributed by atoms with van der Waals surface area (Å²) < 4.78 is 5.60. The molecule has 0 bridgehead atoms. The van der Waals surface area contributed by atoms with E-state index in [1.54, 1.807) is 18.4 Å². The lowest BCUT2D eigenvalue weighted by molar-refractivity contribution is 0.418. The molecule has 0 amide bonds. The minimum absolute atomic E-state index is 0.449. The van der Waals surface area contributed by atoms with Gasteiger partial charge in [0.15, 0.2) is 5.01 Å². The Kier molecular flexibility index (Phi) is 2.48. The highest BCUT2D eigenvalue weighted by Crippen LogP contribution is 2.37. The number of halogens is 1. The Labute approximate surface area is 88.0 Å². The van der Waals surface area contributed by atoms with Gasteiger partial charge in [0.25, 0.3) is 0 Å². The monoisotopic (exact) mass is 232 g/mol. The van der Waals surface area contributed by atoms with Crippen LogP contribution in [0.3, 0.4) is 0 Å². The lowest BCUT2D eigenvalue weighted by Crippen LogP contribution is -1.81. The molecular weight excluding hydrogens is 228 g/mol. The summed E-state index contributed by atoms with van der Waals surface area (Å²) in [7, 11) is 1.63. The van der Waals surface area contributed by atoms with Crippen LogP contribution in [-0.4, -0.2) is 17.3 Å². The van der Waals surface area contributed by atoms with E-state index in [0.29, 0.717) is 4.47 Å². The minimum atomic E-state index is 0.449. The van der Waals surface area contributed by atoms with E-state index in [1.807, 2.05) is 11.4 Å². The predicted molar refractivity (Wildman–Crippen MR) is 54.8 cm³/mol. The SMILES string of the molecule is COc1ccsc1-c1nnc(Cl)s1. The minimum Gasteiger partial charge on any atom is -0.495 e. The summed E-state index contributed by atoms with van der Waals surface area (Å²) in [6.45, 7) is 0. The molecule has 0 aliphatic heterocycles. The molecule has 0 saturated carbocycles. The van der Waals surface area contributed by atoms with Crippen LogP contribution in [0, 0.1) is 0 Å². The van der Waals surface area contributed by atoms with Crippen molar-refractivity contribution in [3.05, 3.63) is 15.9 Å². The molecule has 0 unspecified atom stereocenters. The molecule has 0 atom stereocenters. The molecule has 0 aromatic carbocycles. The molecule has 2 rings (SSSR count). The van der Waals surface area contributed by atoms with Crippen LogP contribution in [0.25, 0.3) is 9.88 Å². The molecule has 3 nitrogen and oxygen atoms in total. The highest BCUT2D eigenvalue weighted by atomic mass is 35.5. The smallest absolute Gasteiger partial charge is 0.207 e. The Balaban J connectivity index is 2.45. The molecule has 2 aromatic rings. The van der Waals surface area contributed by atoms with Gasteiger partial charge in [0.05, 0.1) is 7.11 Å². The second-order valence-corrected chi connectivity index (χ2v) is 4.65. The fourth-order valence-corrected chi connectivity index (χ4v) is 2.69. The van der Waals surface area contributed by atoms with Gasteiger partial charge in [-0.3, -0.25) is 0 Å². The van der Waals surface area contributed by atoms with Crippen molar-refractivity contribution in [1.29, 1.82) is 0 Å². The summed E-state index contributed by atoms with van der Waals surface area (Å²) >= 11 is 8.60. The predicted octanol–water partition coefficient (Wildman–Crippen LogP) is 2.93. The number of thiophene rings is 1. The van der Waals surface area contributed by atoms with Gasteiger partial charge in [-0.05, 0) is 23.0 Å². The molecule has 0 aliphatic carbocycles. The summed E-state index contributed by atoms with van der Waals surface area (Å²) in [5.41, 5.74) is 0. The van der Waals surface area contributed by atoms with Crippen molar-refractivity contribution in [1.82, 2.24) is 10.2 Å². The number of ether oxygens (including phenoxy) is 1. The second kappa shape index (κ2) is 3.61. The van der Waals surface area contributed by atoms with Crippen molar-refractivity contribution in [2.75, 3.05) is 7.11 Å². The Morgan fingerprint density at radius 2 is 2.31 bits per heavy atom. The summed E-state index contributed by atoms with van der Waals surface area (Å²) in [5, 5.41) is 10.4. The van der Waals surface area contributed by atoms with Crippen LogP contribution in [-0.2, 0) is 0 Å². The first kappa shape index (κ1) is 8.93. The first-order valence-electron chi connectivity index (χ1n) is 3.42. The van der Waals surface area contributed by atoms with E-state index in [9.17, 15) is 0 Å². The molecule has 0 radical (unpaired) electrons. The van der Waals surface area contributed by atoms with Gasteiger partial charge in [-0.15, -0.1) is 21.5 Å². The van der Waals surface area contributed by atoms with Gasteiger partial charge >= 0.3 is 0 Å². The number of methoxy groups -OCH3 is 1. The van der Waals surface area contributed by atoms with Crippen LogP contribution < -0.4 is 4.74 Å². The third kappa shape index (κ3) is 1.67. The number of hydrogen-bond donors (Lipinski definition) is 0. The van der Waals surface area contributed by atoms with Crippen LogP contribution in [0.15, 0.2) is 11.4 Å². The van der Waals surface area contributed by atoms with E-state index in [4.69, 9.17) is 16.3 Å². The summed E-state index contributed by atoms with van der Waals surface area (Å²) in [4.78, 5) is 0.979. The third-order valence-corrected chi connectivity index (χ3v) is 3.51. The van der Waals surface area contributed by atoms with Crippen LogP contribution in [0.4, 0.5) is 0 Å². The van der Waals surface area contributed by atoms with E-state index in [1.165, 1.54) is 11.3 Å². The normalized spacial score (nSPS) is 10.3. The molecule has 68 valence electrons. The maximum Gasteiger partial charge on any atom is 0.207 e. The zero-order chi connectivity index (χ0) is 9.26. The molecule has 6 heteroatoms. The van der Waals surface area contributed by atoms with Gasteiger partial charge in [-0.1, -0.05) is 11.3 Å². The maximum absolute atomic E-state index is 5.68. The number of aromatic nitrogens is 2. The Morgan fingerprint density at radius 3 is 2.92 bits per heavy atom. The van der Waals surface area contributed by atoms with Crippen LogP contribution in [0.1, 0.15) is 0 Å². The lowest BCUT2D eigenvalue weighted by atomic mass is 10.4. The fourth-order valence-electron chi connectivity index (χ4n) is 0.911. The fraction of sp³-hybridized carbons (Fsp3) is 0.143. The van der Waals surface area contributed by atoms with Crippen molar-refractivity contribution in [2.45, 2.75) is 0 Å². The van der Waals surface area contributed by atoms with Crippen molar-refractivity contribution < 1.29 is 4.74 Å². The lowest BCUT2D eigenvalue weighted by Gasteiger charge is -1.96. The Hall–Kier alpha value is -0.650. The number of rotatable bonds is 2. The summed E-state index contributed by atoms with van der Waals surface area (Å²) in [6, 6.07) is 1.90. The Bertz CT molecular complexity index is 412. The highest BCUT2D eigenvalue weighted by Gasteiger charge is 2.11. The standard InChI is InChI=1S/C7H5ClN2OS2/c1-11-4-2-3-12-5(4)6-9-10-7(8)13-6/h2-3H,1H3. The average molecular weight is 233 g/mol. The summed E-state index contributed by atoms with van der Waals surface area (Å²) in [5.74, 6) is 0.817. The van der Waals surface area contributed by atoms with E-state index in [0.717, 1.165) is 15.6 Å². The third-order valence-electron chi connectivity index (χ3n) is 1.44. The molecule has 2 heterocycles. The molecule has 2 aromatic heterocycles. The summed E-state index contributed by atoms with van der Waals surface area (Å²) in [6.07, 6.45) is 0. The molecule has 0 saturated heterocycles. The van der Waals surface area contributed by atoms with Gasteiger partial charge in [-0.25, -0.2) is 0 Å². The van der Waals surface area contributed by atoms with Gasteiger partial charge in [0.1, 0.15) is 10.6 Å². The highest BCUT2D eigenvalue weighted by molar-refractivity contribution is 7.23. The molecule has 0 spiro atoms. The zero-order valence-electron chi connectivity index (χ0n) is 6.65. The van der Waals surface area contributed by atoms with Gasteiger partial charge < -0.3 is 4.74 Å². The molecule has 0 fully saturated rings. The van der Waals surface area contributed by atoms with E-state index < -0.39 is 0 Å².